The summed E-state index contributed by atoms with van der Waals surface area (Å²) in [5.74, 6) is -1.23. The summed E-state index contributed by atoms with van der Waals surface area (Å²) < 4.78 is 84.9. The highest BCUT2D eigenvalue weighted by Gasteiger charge is 2.36. The number of alkyl halides is 6. The molecule has 4 rings (SSSR count). The molecule has 2 aromatic carbocycles. The SMILES string of the molecule is C/C=C\C(CC(C)C(F)(F)F)=Nc1n[nH]c(-c2cccc(Oc3cc(C(F)(F)F)nc4ccccc34)c2)n1. The molecule has 1 unspecified atom stereocenters. The number of H-pyrrole nitrogens is 1. The van der Waals surface area contributed by atoms with Gasteiger partial charge in [0, 0.05) is 29.1 Å². The molecule has 198 valence electrons. The van der Waals surface area contributed by atoms with Crippen LogP contribution in [0.5, 0.6) is 11.5 Å². The molecule has 1 atom stereocenters. The fourth-order valence-electron chi connectivity index (χ4n) is 3.54. The van der Waals surface area contributed by atoms with Gasteiger partial charge in [0.15, 0.2) is 5.82 Å². The third-order valence-electron chi connectivity index (χ3n) is 5.45. The standard InChI is InChI=1S/C26H21F6N5O/c1-3-7-17(12-15(2)25(27,28)29)33-24-35-23(36-37-24)16-8-6-9-18(13-16)38-21-14-22(26(30,31)32)34-20-11-5-4-10-19(20)21/h3-11,13-15H,12H2,1-2H3,(H,35,36,37)/b7-3-,33-17?. The van der Waals surface area contributed by atoms with Crippen LogP contribution in [0.4, 0.5) is 32.3 Å². The van der Waals surface area contributed by atoms with Gasteiger partial charge in [-0.2, -0.15) is 31.3 Å². The fourth-order valence-corrected chi connectivity index (χ4v) is 3.54. The third-order valence-corrected chi connectivity index (χ3v) is 5.45. The van der Waals surface area contributed by atoms with Crippen LogP contribution in [0.3, 0.4) is 0 Å². The molecule has 0 aliphatic carbocycles. The van der Waals surface area contributed by atoms with Crippen molar-refractivity contribution in [1.82, 2.24) is 20.2 Å². The molecule has 0 saturated heterocycles. The van der Waals surface area contributed by atoms with Gasteiger partial charge in [0.2, 0.25) is 0 Å². The number of aromatic amines is 1. The van der Waals surface area contributed by atoms with Crippen LogP contribution in [0.1, 0.15) is 26.0 Å². The van der Waals surface area contributed by atoms with Gasteiger partial charge in [-0.15, -0.1) is 5.10 Å². The van der Waals surface area contributed by atoms with Crippen LogP contribution in [0, 0.1) is 5.92 Å². The largest absolute Gasteiger partial charge is 0.457 e. The average Bonchev–Trinajstić information content (AvgIpc) is 3.32. The molecule has 0 bridgehead atoms. The highest BCUT2D eigenvalue weighted by molar-refractivity contribution is 5.96. The number of pyridine rings is 1. The Kier molecular flexibility index (Phi) is 7.51. The van der Waals surface area contributed by atoms with Crippen LogP contribution >= 0.6 is 0 Å². The summed E-state index contributed by atoms with van der Waals surface area (Å²) in [5, 5.41) is 7.03. The van der Waals surface area contributed by atoms with Gasteiger partial charge < -0.3 is 4.74 Å². The van der Waals surface area contributed by atoms with Crippen molar-refractivity contribution in [1.29, 1.82) is 0 Å². The fraction of sp³-hybridized carbons (Fsp3) is 0.231. The number of para-hydroxylation sites is 1. The molecular weight excluding hydrogens is 512 g/mol. The van der Waals surface area contributed by atoms with E-state index in [-0.39, 0.29) is 40.9 Å². The van der Waals surface area contributed by atoms with Crippen LogP contribution in [0.15, 0.2) is 71.7 Å². The second kappa shape index (κ2) is 10.6. The number of aromatic nitrogens is 4. The third kappa shape index (κ3) is 6.36. The van der Waals surface area contributed by atoms with Gasteiger partial charge in [-0.25, -0.2) is 9.98 Å². The summed E-state index contributed by atoms with van der Waals surface area (Å²) in [6, 6.07) is 13.5. The van der Waals surface area contributed by atoms with E-state index in [4.69, 9.17) is 4.74 Å². The van der Waals surface area contributed by atoms with E-state index in [1.54, 1.807) is 49.4 Å². The number of hydrogen-bond acceptors (Lipinski definition) is 5. The van der Waals surface area contributed by atoms with Gasteiger partial charge >= 0.3 is 12.4 Å². The number of rotatable bonds is 7. The molecule has 2 heterocycles. The molecule has 1 N–H and O–H groups in total. The maximum absolute atomic E-state index is 13.4. The summed E-state index contributed by atoms with van der Waals surface area (Å²) in [6.45, 7) is 2.73. The molecule has 0 radical (unpaired) electrons. The molecule has 38 heavy (non-hydrogen) atoms. The van der Waals surface area contributed by atoms with Crippen LogP contribution in [-0.2, 0) is 6.18 Å². The average molecular weight is 533 g/mol. The van der Waals surface area contributed by atoms with Crippen molar-refractivity contribution >= 4 is 22.6 Å². The van der Waals surface area contributed by atoms with Crippen LogP contribution in [0.25, 0.3) is 22.3 Å². The second-order valence-corrected chi connectivity index (χ2v) is 8.38. The van der Waals surface area contributed by atoms with E-state index < -0.39 is 24.0 Å². The molecule has 0 fully saturated rings. The molecule has 2 aromatic heterocycles. The predicted octanol–water partition coefficient (Wildman–Crippen LogP) is 8.07. The van der Waals surface area contributed by atoms with Gasteiger partial charge in [0.05, 0.1) is 11.4 Å². The first kappa shape index (κ1) is 26.8. The molecule has 0 spiro atoms. The van der Waals surface area contributed by atoms with Crippen LogP contribution in [-0.4, -0.2) is 32.1 Å². The minimum atomic E-state index is -4.66. The Morgan fingerprint density at radius 3 is 2.50 bits per heavy atom. The summed E-state index contributed by atoms with van der Waals surface area (Å²) in [6.07, 6.45) is -6.34. The molecule has 0 aliphatic heterocycles. The number of fused-ring (bicyclic) bond motifs is 1. The Balaban J connectivity index is 1.62. The maximum atomic E-state index is 13.4. The van der Waals surface area contributed by atoms with E-state index in [9.17, 15) is 26.3 Å². The number of ether oxygens (including phenoxy) is 1. The minimum Gasteiger partial charge on any atom is -0.457 e. The van der Waals surface area contributed by atoms with Crippen LogP contribution in [0.2, 0.25) is 0 Å². The van der Waals surface area contributed by atoms with Crippen molar-refractivity contribution in [2.45, 2.75) is 32.6 Å². The van der Waals surface area contributed by atoms with Crippen molar-refractivity contribution in [2.75, 3.05) is 0 Å². The minimum absolute atomic E-state index is 0.0299. The Morgan fingerprint density at radius 2 is 1.79 bits per heavy atom. The normalized spacial score (nSPS) is 13.8. The van der Waals surface area contributed by atoms with Crippen molar-refractivity contribution in [2.24, 2.45) is 10.9 Å². The van der Waals surface area contributed by atoms with E-state index in [2.05, 4.69) is 25.2 Å². The lowest BCUT2D eigenvalue weighted by atomic mass is 10.0. The highest BCUT2D eigenvalue weighted by Crippen LogP contribution is 2.37. The zero-order valence-corrected chi connectivity index (χ0v) is 20.1. The van der Waals surface area contributed by atoms with Crippen molar-refractivity contribution in [3.8, 4) is 22.9 Å². The van der Waals surface area contributed by atoms with Gasteiger partial charge in [0.1, 0.15) is 17.2 Å². The van der Waals surface area contributed by atoms with Crippen molar-refractivity contribution < 1.29 is 31.1 Å². The van der Waals surface area contributed by atoms with Crippen molar-refractivity contribution in [3.05, 3.63) is 72.4 Å². The zero-order chi connectivity index (χ0) is 27.5. The number of nitrogens with zero attached hydrogens (tertiary/aromatic N) is 4. The topological polar surface area (TPSA) is 76.0 Å². The Morgan fingerprint density at radius 1 is 1.03 bits per heavy atom. The number of nitrogens with one attached hydrogen (secondary N) is 1. The quantitative estimate of drug-likeness (QED) is 0.193. The second-order valence-electron chi connectivity index (χ2n) is 8.38. The highest BCUT2D eigenvalue weighted by atomic mass is 19.4. The van der Waals surface area contributed by atoms with Gasteiger partial charge in [0.25, 0.3) is 5.95 Å². The smallest absolute Gasteiger partial charge is 0.433 e. The molecule has 6 nitrogen and oxygen atoms in total. The first-order chi connectivity index (χ1) is 17.9. The monoisotopic (exact) mass is 533 g/mol. The number of benzene rings is 2. The van der Waals surface area contributed by atoms with E-state index in [1.165, 1.54) is 18.2 Å². The van der Waals surface area contributed by atoms with Crippen molar-refractivity contribution in [3.63, 3.8) is 0 Å². The van der Waals surface area contributed by atoms with Crippen LogP contribution < -0.4 is 4.74 Å². The van der Waals surface area contributed by atoms with Gasteiger partial charge in [-0.3, -0.25) is 5.10 Å². The first-order valence-electron chi connectivity index (χ1n) is 11.4. The van der Waals surface area contributed by atoms with E-state index in [0.717, 1.165) is 13.0 Å². The number of allylic oxidation sites excluding steroid dienone is 2. The van der Waals surface area contributed by atoms with Gasteiger partial charge in [-0.1, -0.05) is 37.3 Å². The Labute approximate surface area is 213 Å². The lowest BCUT2D eigenvalue weighted by Gasteiger charge is -2.14. The number of hydrogen-bond donors (Lipinski definition) is 1. The molecule has 4 aromatic rings. The summed E-state index contributed by atoms with van der Waals surface area (Å²) >= 11 is 0. The molecule has 0 saturated carbocycles. The molecule has 0 amide bonds. The number of halogens is 6. The first-order valence-corrected chi connectivity index (χ1v) is 11.4. The predicted molar refractivity (Wildman–Crippen MR) is 130 cm³/mol. The summed E-state index contributed by atoms with van der Waals surface area (Å²) in [4.78, 5) is 12.0. The molecule has 0 aliphatic rings. The zero-order valence-electron chi connectivity index (χ0n) is 20.1. The summed E-state index contributed by atoms with van der Waals surface area (Å²) in [7, 11) is 0. The van der Waals surface area contributed by atoms with E-state index in [0.29, 0.717) is 10.9 Å². The Hall–Kier alpha value is -4.22. The van der Waals surface area contributed by atoms with Gasteiger partial charge in [-0.05, 0) is 37.3 Å². The lowest BCUT2D eigenvalue weighted by molar-refractivity contribution is -0.167. The molecule has 12 heteroatoms. The summed E-state index contributed by atoms with van der Waals surface area (Å²) in [5.41, 5.74) is -0.327. The Bertz CT molecular complexity index is 1490. The van der Waals surface area contributed by atoms with E-state index in [1.807, 2.05) is 0 Å². The number of aliphatic imine (C=N–C) groups is 1. The lowest BCUT2D eigenvalue weighted by Crippen LogP contribution is -2.22. The molecular formula is C26H21F6N5O. The van der Waals surface area contributed by atoms with E-state index >= 15 is 0 Å². The maximum Gasteiger partial charge on any atom is 0.433 e.